The summed E-state index contributed by atoms with van der Waals surface area (Å²) in [4.78, 5) is 38.4. The van der Waals surface area contributed by atoms with Crippen LogP contribution >= 0.6 is 0 Å². The summed E-state index contributed by atoms with van der Waals surface area (Å²) in [7, 11) is 0. The highest BCUT2D eigenvalue weighted by molar-refractivity contribution is 6.09. The molecule has 1 aromatic heterocycles. The molecule has 2 atom stereocenters. The number of aryl methyl sites for hydroxylation is 3. The number of hydrogen-bond donors (Lipinski definition) is 2. The molecule has 2 N–H and O–H groups in total. The molecule has 4 amide bonds. The Balaban J connectivity index is 1.48. The molecule has 1 spiro atoms. The van der Waals surface area contributed by atoms with Crippen LogP contribution in [0.2, 0.25) is 0 Å². The normalized spacial score (nSPS) is 25.1. The van der Waals surface area contributed by atoms with Crippen LogP contribution in [0.25, 0.3) is 0 Å². The lowest BCUT2D eigenvalue weighted by Crippen LogP contribution is -2.54. The van der Waals surface area contributed by atoms with Gasteiger partial charge < -0.3 is 10.6 Å². The highest BCUT2D eigenvalue weighted by Gasteiger charge is 2.55. The zero-order chi connectivity index (χ0) is 19.6. The molecule has 3 rings (SSSR count). The summed E-state index contributed by atoms with van der Waals surface area (Å²) in [5.41, 5.74) is 1.25. The van der Waals surface area contributed by atoms with Crippen LogP contribution < -0.4 is 10.6 Å². The van der Waals surface area contributed by atoms with Gasteiger partial charge in [0.25, 0.3) is 5.91 Å². The molecule has 27 heavy (non-hydrogen) atoms. The van der Waals surface area contributed by atoms with Crippen molar-refractivity contribution in [1.82, 2.24) is 25.3 Å². The Hall–Kier alpha value is -2.38. The van der Waals surface area contributed by atoms with Gasteiger partial charge in [0.15, 0.2) is 0 Å². The Bertz CT molecular complexity index is 744. The number of rotatable bonds is 6. The summed E-state index contributed by atoms with van der Waals surface area (Å²) < 4.78 is 1.91. The second kappa shape index (κ2) is 7.70. The molecule has 1 saturated carbocycles. The predicted molar refractivity (Wildman–Crippen MR) is 99.9 cm³/mol. The molecule has 8 nitrogen and oxygen atoms in total. The van der Waals surface area contributed by atoms with Gasteiger partial charge in [-0.05, 0) is 45.1 Å². The number of aromatic nitrogens is 2. The van der Waals surface area contributed by atoms with E-state index in [2.05, 4.69) is 15.7 Å². The van der Waals surface area contributed by atoms with E-state index in [9.17, 15) is 14.4 Å². The van der Waals surface area contributed by atoms with E-state index in [4.69, 9.17) is 0 Å². The molecule has 0 bridgehead atoms. The fourth-order valence-electron chi connectivity index (χ4n) is 4.20. The molecule has 1 aliphatic heterocycles. The quantitative estimate of drug-likeness (QED) is 0.582. The Kier molecular flexibility index (Phi) is 5.53. The maximum Gasteiger partial charge on any atom is 0.325 e. The maximum absolute atomic E-state index is 12.8. The summed E-state index contributed by atoms with van der Waals surface area (Å²) in [6.07, 6.45) is 4.29. The summed E-state index contributed by atoms with van der Waals surface area (Å²) in [6.45, 7) is 6.91. The topological polar surface area (TPSA) is 96.3 Å². The maximum atomic E-state index is 12.8. The van der Waals surface area contributed by atoms with Gasteiger partial charge in [-0.2, -0.15) is 5.10 Å². The number of carbonyl (C=O) groups excluding carboxylic acids is 3. The number of carbonyl (C=O) groups is 3. The van der Waals surface area contributed by atoms with Crippen LogP contribution in [0.5, 0.6) is 0 Å². The lowest BCUT2D eigenvalue weighted by Gasteiger charge is -2.36. The van der Waals surface area contributed by atoms with Gasteiger partial charge in [-0.1, -0.05) is 19.8 Å². The summed E-state index contributed by atoms with van der Waals surface area (Å²) in [5.74, 6) is -0.471. The van der Waals surface area contributed by atoms with Crippen molar-refractivity contribution in [3.63, 3.8) is 0 Å². The van der Waals surface area contributed by atoms with Crippen LogP contribution in [0, 0.1) is 19.8 Å². The van der Waals surface area contributed by atoms with Crippen LogP contribution in [0.1, 0.15) is 50.4 Å². The standard InChI is InChI=1S/C19H29N5O3/c1-13-7-4-5-8-19(13)17(26)23(18(27)21-19)12-16(25)20-9-6-10-24-15(3)11-14(2)22-24/h11,13H,4-10,12H2,1-3H3,(H,20,25)(H,21,27)/t13-,19+/m0/s1. The largest absolute Gasteiger partial charge is 0.354 e. The highest BCUT2D eigenvalue weighted by atomic mass is 16.2. The van der Waals surface area contributed by atoms with Crippen molar-refractivity contribution in [2.45, 2.75) is 65.0 Å². The molecule has 2 fully saturated rings. The number of nitrogens with zero attached hydrogens (tertiary/aromatic N) is 3. The van der Waals surface area contributed by atoms with E-state index in [1.165, 1.54) is 0 Å². The molecule has 1 aliphatic carbocycles. The number of imide groups is 1. The van der Waals surface area contributed by atoms with Crippen LogP contribution in [0.4, 0.5) is 4.79 Å². The van der Waals surface area contributed by atoms with Crippen molar-refractivity contribution in [2.75, 3.05) is 13.1 Å². The minimum Gasteiger partial charge on any atom is -0.354 e. The fraction of sp³-hybridized carbons (Fsp3) is 0.684. The summed E-state index contributed by atoms with van der Waals surface area (Å²) in [6, 6.07) is 1.56. The highest BCUT2D eigenvalue weighted by Crippen LogP contribution is 2.38. The number of hydrogen-bond acceptors (Lipinski definition) is 4. The van der Waals surface area contributed by atoms with Gasteiger partial charge in [0.2, 0.25) is 5.91 Å². The number of nitrogens with one attached hydrogen (secondary N) is 2. The Morgan fingerprint density at radius 3 is 2.81 bits per heavy atom. The second-order valence-electron chi connectivity index (χ2n) is 7.79. The van der Waals surface area contributed by atoms with Gasteiger partial charge >= 0.3 is 6.03 Å². The number of amides is 4. The molecule has 2 aliphatic rings. The van der Waals surface area contributed by atoms with Crippen LogP contribution in [0.3, 0.4) is 0 Å². The first-order valence-corrected chi connectivity index (χ1v) is 9.75. The number of urea groups is 1. The Labute approximate surface area is 159 Å². The average molecular weight is 375 g/mol. The van der Waals surface area contributed by atoms with Crippen molar-refractivity contribution in [3.8, 4) is 0 Å². The van der Waals surface area contributed by atoms with Gasteiger partial charge in [0.05, 0.1) is 5.69 Å². The fourth-order valence-corrected chi connectivity index (χ4v) is 4.20. The zero-order valence-corrected chi connectivity index (χ0v) is 16.4. The zero-order valence-electron chi connectivity index (χ0n) is 16.4. The van der Waals surface area contributed by atoms with E-state index in [1.54, 1.807) is 0 Å². The minimum absolute atomic E-state index is 0.0940. The smallest absolute Gasteiger partial charge is 0.325 e. The lowest BCUT2D eigenvalue weighted by atomic mass is 9.73. The molecule has 0 radical (unpaired) electrons. The van der Waals surface area contributed by atoms with Crippen molar-refractivity contribution in [1.29, 1.82) is 0 Å². The summed E-state index contributed by atoms with van der Waals surface area (Å²) >= 11 is 0. The van der Waals surface area contributed by atoms with Crippen molar-refractivity contribution in [3.05, 3.63) is 17.5 Å². The van der Waals surface area contributed by atoms with E-state index in [0.29, 0.717) is 19.5 Å². The van der Waals surface area contributed by atoms with Gasteiger partial charge in [-0.3, -0.25) is 19.2 Å². The SMILES string of the molecule is Cc1cc(C)n(CCCNC(=O)CN2C(=O)N[C@@]3(CCCC[C@@H]3C)C2=O)n1. The van der Waals surface area contributed by atoms with E-state index < -0.39 is 11.6 Å². The third-order valence-electron chi connectivity index (χ3n) is 5.78. The molecule has 148 valence electrons. The minimum atomic E-state index is -0.814. The van der Waals surface area contributed by atoms with E-state index >= 15 is 0 Å². The Morgan fingerprint density at radius 1 is 1.37 bits per heavy atom. The molecular weight excluding hydrogens is 346 g/mol. The lowest BCUT2D eigenvalue weighted by molar-refractivity contribution is -0.137. The van der Waals surface area contributed by atoms with Crippen LogP contribution in [-0.2, 0) is 16.1 Å². The molecule has 2 heterocycles. The van der Waals surface area contributed by atoms with E-state index in [1.807, 2.05) is 31.5 Å². The summed E-state index contributed by atoms with van der Waals surface area (Å²) in [5, 5.41) is 10.0. The van der Waals surface area contributed by atoms with Gasteiger partial charge in [0, 0.05) is 18.8 Å². The molecule has 1 saturated heterocycles. The van der Waals surface area contributed by atoms with Gasteiger partial charge in [0.1, 0.15) is 12.1 Å². The van der Waals surface area contributed by atoms with Gasteiger partial charge in [-0.25, -0.2) is 4.79 Å². The predicted octanol–water partition coefficient (Wildman–Crippen LogP) is 1.51. The third-order valence-corrected chi connectivity index (χ3v) is 5.78. The molecule has 0 unspecified atom stereocenters. The first-order valence-electron chi connectivity index (χ1n) is 9.75. The van der Waals surface area contributed by atoms with Crippen molar-refractivity contribution >= 4 is 17.8 Å². The van der Waals surface area contributed by atoms with Crippen LogP contribution in [0.15, 0.2) is 6.07 Å². The molecule has 0 aromatic carbocycles. The monoisotopic (exact) mass is 375 g/mol. The molecular formula is C19H29N5O3. The Morgan fingerprint density at radius 2 is 2.15 bits per heavy atom. The van der Waals surface area contributed by atoms with Gasteiger partial charge in [-0.15, -0.1) is 0 Å². The third kappa shape index (κ3) is 3.84. The van der Waals surface area contributed by atoms with Crippen LogP contribution in [-0.4, -0.2) is 51.2 Å². The average Bonchev–Trinajstić information content (AvgIpc) is 3.06. The second-order valence-corrected chi connectivity index (χ2v) is 7.79. The molecule has 8 heteroatoms. The van der Waals surface area contributed by atoms with Crippen molar-refractivity contribution in [2.24, 2.45) is 5.92 Å². The first kappa shape index (κ1) is 19.4. The molecule has 1 aromatic rings. The van der Waals surface area contributed by atoms with E-state index in [0.717, 1.165) is 42.0 Å². The van der Waals surface area contributed by atoms with E-state index in [-0.39, 0.29) is 24.3 Å². The first-order chi connectivity index (χ1) is 12.8. The van der Waals surface area contributed by atoms with Crippen molar-refractivity contribution < 1.29 is 14.4 Å².